The van der Waals surface area contributed by atoms with Crippen LogP contribution in [0.1, 0.15) is 46.0 Å². The summed E-state index contributed by atoms with van der Waals surface area (Å²) < 4.78 is 10.4. The zero-order chi connectivity index (χ0) is 12.6. The lowest BCUT2D eigenvalue weighted by Crippen LogP contribution is -2.37. The van der Waals surface area contributed by atoms with E-state index in [1.165, 1.54) is 25.7 Å². The molecule has 0 aromatic carbocycles. The van der Waals surface area contributed by atoms with Crippen molar-refractivity contribution in [1.82, 2.24) is 5.32 Å². The van der Waals surface area contributed by atoms with E-state index in [2.05, 4.69) is 19.2 Å². The van der Waals surface area contributed by atoms with Crippen LogP contribution in [0.2, 0.25) is 0 Å². The maximum Gasteiger partial charge on any atom is 0.0700 e. The number of methoxy groups -OCH3 is 1. The van der Waals surface area contributed by atoms with Crippen LogP contribution in [0.3, 0.4) is 0 Å². The van der Waals surface area contributed by atoms with Gasteiger partial charge >= 0.3 is 0 Å². The van der Waals surface area contributed by atoms with Crippen molar-refractivity contribution >= 4 is 0 Å². The van der Waals surface area contributed by atoms with E-state index >= 15 is 0 Å². The Morgan fingerprint density at radius 3 is 2.76 bits per heavy atom. The summed E-state index contributed by atoms with van der Waals surface area (Å²) >= 11 is 0. The molecule has 0 aliphatic heterocycles. The fraction of sp³-hybridized carbons (Fsp3) is 1.00. The zero-order valence-corrected chi connectivity index (χ0v) is 11.8. The van der Waals surface area contributed by atoms with Gasteiger partial charge in [-0.1, -0.05) is 20.3 Å². The average molecular weight is 243 g/mol. The van der Waals surface area contributed by atoms with Crippen LogP contribution in [0.5, 0.6) is 0 Å². The summed E-state index contributed by atoms with van der Waals surface area (Å²) in [6, 6.07) is 0.720. The van der Waals surface area contributed by atoms with Crippen molar-refractivity contribution < 1.29 is 9.47 Å². The van der Waals surface area contributed by atoms with E-state index in [0.717, 1.165) is 25.6 Å². The third-order valence-electron chi connectivity index (χ3n) is 3.54. The highest BCUT2D eigenvalue weighted by Gasteiger charge is 2.27. The van der Waals surface area contributed by atoms with Crippen molar-refractivity contribution in [2.24, 2.45) is 5.41 Å². The van der Waals surface area contributed by atoms with E-state index < -0.39 is 0 Å². The summed E-state index contributed by atoms with van der Waals surface area (Å²) in [5.74, 6) is 0. The second-order valence-electron chi connectivity index (χ2n) is 5.87. The lowest BCUT2D eigenvalue weighted by atomic mass is 9.75. The molecule has 3 nitrogen and oxygen atoms in total. The summed E-state index contributed by atoms with van der Waals surface area (Å²) in [5.41, 5.74) is 0.533. The molecule has 0 heterocycles. The molecule has 0 aromatic rings. The Kier molecular flexibility index (Phi) is 7.09. The van der Waals surface area contributed by atoms with E-state index in [0.29, 0.717) is 18.6 Å². The minimum atomic E-state index is 0.533. The molecular weight excluding hydrogens is 214 g/mol. The van der Waals surface area contributed by atoms with Crippen LogP contribution >= 0.6 is 0 Å². The summed E-state index contributed by atoms with van der Waals surface area (Å²) in [6.07, 6.45) is 6.51. The highest BCUT2D eigenvalue weighted by Crippen LogP contribution is 2.34. The van der Waals surface area contributed by atoms with Crippen LogP contribution in [0.25, 0.3) is 0 Å². The molecule has 0 amide bonds. The maximum atomic E-state index is 5.44. The Bertz CT molecular complexity index is 195. The molecule has 1 atom stereocenters. The molecule has 1 fully saturated rings. The fourth-order valence-corrected chi connectivity index (χ4v) is 2.60. The van der Waals surface area contributed by atoms with Gasteiger partial charge in [0.2, 0.25) is 0 Å². The molecular formula is C14H29NO2. The molecule has 102 valence electrons. The maximum absolute atomic E-state index is 5.44. The number of ether oxygens (including phenoxy) is 2. The van der Waals surface area contributed by atoms with Crippen LogP contribution in [-0.2, 0) is 9.47 Å². The molecule has 1 unspecified atom stereocenters. The van der Waals surface area contributed by atoms with Gasteiger partial charge in [-0.15, -0.1) is 0 Å². The standard InChI is InChI=1S/C14H29NO2/c1-14(2)7-4-6-13(12-14)15-8-5-9-17-11-10-16-3/h13,15H,4-12H2,1-3H3. The predicted octanol–water partition coefficient (Wildman–Crippen LogP) is 2.60. The van der Waals surface area contributed by atoms with Crippen molar-refractivity contribution in [2.45, 2.75) is 52.0 Å². The summed E-state index contributed by atoms with van der Waals surface area (Å²) in [7, 11) is 1.70. The van der Waals surface area contributed by atoms with Crippen LogP contribution in [0.15, 0.2) is 0 Å². The smallest absolute Gasteiger partial charge is 0.0700 e. The Morgan fingerprint density at radius 1 is 1.24 bits per heavy atom. The fourth-order valence-electron chi connectivity index (χ4n) is 2.60. The van der Waals surface area contributed by atoms with Crippen LogP contribution < -0.4 is 5.32 Å². The summed E-state index contributed by atoms with van der Waals surface area (Å²) in [5, 5.41) is 3.66. The minimum absolute atomic E-state index is 0.533. The van der Waals surface area contributed by atoms with E-state index in [-0.39, 0.29) is 0 Å². The van der Waals surface area contributed by atoms with Gasteiger partial charge in [-0.2, -0.15) is 0 Å². The highest BCUT2D eigenvalue weighted by molar-refractivity contribution is 4.83. The van der Waals surface area contributed by atoms with Crippen molar-refractivity contribution in [3.05, 3.63) is 0 Å². The lowest BCUT2D eigenvalue weighted by Gasteiger charge is -2.35. The molecule has 1 aliphatic carbocycles. The number of hydrogen-bond donors (Lipinski definition) is 1. The van der Waals surface area contributed by atoms with Gasteiger partial charge in [-0.05, 0) is 37.6 Å². The Hall–Kier alpha value is -0.120. The van der Waals surface area contributed by atoms with Gasteiger partial charge in [0.05, 0.1) is 13.2 Å². The van der Waals surface area contributed by atoms with Crippen molar-refractivity contribution in [3.8, 4) is 0 Å². The van der Waals surface area contributed by atoms with Crippen LogP contribution in [0.4, 0.5) is 0 Å². The normalized spacial score (nSPS) is 23.8. The van der Waals surface area contributed by atoms with Crippen molar-refractivity contribution in [2.75, 3.05) is 33.5 Å². The van der Waals surface area contributed by atoms with Gasteiger partial charge in [-0.25, -0.2) is 0 Å². The van der Waals surface area contributed by atoms with E-state index in [1.807, 2.05) is 0 Å². The predicted molar refractivity (Wildman–Crippen MR) is 71.4 cm³/mol. The van der Waals surface area contributed by atoms with Crippen molar-refractivity contribution in [1.29, 1.82) is 0 Å². The second kappa shape index (κ2) is 8.06. The average Bonchev–Trinajstić information content (AvgIpc) is 2.27. The van der Waals surface area contributed by atoms with Crippen LogP contribution in [-0.4, -0.2) is 39.5 Å². The van der Waals surface area contributed by atoms with E-state index in [1.54, 1.807) is 7.11 Å². The van der Waals surface area contributed by atoms with Gasteiger partial charge in [0, 0.05) is 19.8 Å². The summed E-state index contributed by atoms with van der Waals surface area (Å²) in [6.45, 7) is 8.10. The molecule has 1 aliphatic rings. The first-order chi connectivity index (χ1) is 8.14. The molecule has 17 heavy (non-hydrogen) atoms. The molecule has 1 saturated carbocycles. The first kappa shape index (κ1) is 14.9. The van der Waals surface area contributed by atoms with Gasteiger partial charge in [-0.3, -0.25) is 0 Å². The third kappa shape index (κ3) is 7.02. The van der Waals surface area contributed by atoms with Crippen LogP contribution in [0, 0.1) is 5.41 Å². The van der Waals surface area contributed by atoms with E-state index in [9.17, 15) is 0 Å². The lowest BCUT2D eigenvalue weighted by molar-refractivity contribution is 0.0687. The van der Waals surface area contributed by atoms with Gasteiger partial charge in [0.15, 0.2) is 0 Å². The molecule has 0 radical (unpaired) electrons. The monoisotopic (exact) mass is 243 g/mol. The van der Waals surface area contributed by atoms with E-state index in [4.69, 9.17) is 9.47 Å². The first-order valence-corrected chi connectivity index (χ1v) is 6.94. The highest BCUT2D eigenvalue weighted by atomic mass is 16.5. The Labute approximate surface area is 106 Å². The topological polar surface area (TPSA) is 30.5 Å². The molecule has 0 saturated heterocycles. The molecule has 1 N–H and O–H groups in total. The number of hydrogen-bond acceptors (Lipinski definition) is 3. The number of rotatable bonds is 8. The second-order valence-corrected chi connectivity index (χ2v) is 5.87. The largest absolute Gasteiger partial charge is 0.382 e. The minimum Gasteiger partial charge on any atom is -0.382 e. The molecule has 0 aromatic heterocycles. The Balaban J connectivity index is 1.95. The molecule has 3 heteroatoms. The quantitative estimate of drug-likeness (QED) is 0.665. The molecule has 0 bridgehead atoms. The third-order valence-corrected chi connectivity index (χ3v) is 3.54. The van der Waals surface area contributed by atoms with Crippen molar-refractivity contribution in [3.63, 3.8) is 0 Å². The first-order valence-electron chi connectivity index (χ1n) is 6.94. The zero-order valence-electron chi connectivity index (χ0n) is 11.8. The van der Waals surface area contributed by atoms with Gasteiger partial charge < -0.3 is 14.8 Å². The van der Waals surface area contributed by atoms with Gasteiger partial charge in [0.25, 0.3) is 0 Å². The van der Waals surface area contributed by atoms with Gasteiger partial charge in [0.1, 0.15) is 0 Å². The summed E-state index contributed by atoms with van der Waals surface area (Å²) in [4.78, 5) is 0. The molecule has 1 rings (SSSR count). The SMILES string of the molecule is COCCOCCCNC1CCCC(C)(C)C1. The Morgan fingerprint density at radius 2 is 2.06 bits per heavy atom. The molecule has 0 spiro atoms. The number of nitrogens with one attached hydrogen (secondary N) is 1.